The average Bonchev–Trinajstić information content (AvgIpc) is 2.98. The van der Waals surface area contributed by atoms with Crippen LogP contribution in [0, 0.1) is 5.92 Å². The molecule has 1 aromatic rings. The fourth-order valence-corrected chi connectivity index (χ4v) is 2.74. The van der Waals surface area contributed by atoms with E-state index in [-0.39, 0.29) is 17.6 Å². The van der Waals surface area contributed by atoms with Gasteiger partial charge in [-0.1, -0.05) is 26.0 Å². The molecule has 1 aromatic carbocycles. The van der Waals surface area contributed by atoms with Crippen LogP contribution in [0.5, 0.6) is 0 Å². The maximum absolute atomic E-state index is 12.7. The number of nitrogens with two attached hydrogens (primary N) is 1. The molecule has 1 aliphatic rings. The second-order valence-electron chi connectivity index (χ2n) is 5.50. The van der Waals surface area contributed by atoms with Gasteiger partial charge in [0.25, 0.3) is 0 Å². The van der Waals surface area contributed by atoms with E-state index in [2.05, 4.69) is 5.32 Å². The minimum absolute atomic E-state index is 0.0313. The molecule has 1 aliphatic heterocycles. The third kappa shape index (κ3) is 2.75. The highest BCUT2D eigenvalue weighted by Crippen LogP contribution is 2.30. The Morgan fingerprint density at radius 1 is 1.45 bits per heavy atom. The molecule has 1 fully saturated rings. The zero-order valence-electron chi connectivity index (χ0n) is 12.1. The monoisotopic (exact) mass is 274 g/mol. The molecular formula is C16H22N2O2. The summed E-state index contributed by atoms with van der Waals surface area (Å²) in [4.78, 5) is 24.3. The first-order chi connectivity index (χ1) is 9.56. The van der Waals surface area contributed by atoms with Crippen molar-refractivity contribution in [1.29, 1.82) is 0 Å². The minimum atomic E-state index is -0.524. The summed E-state index contributed by atoms with van der Waals surface area (Å²) in [6, 6.07) is 5.44. The molecule has 3 N–H and O–H groups in total. The molecule has 0 saturated carbocycles. The lowest BCUT2D eigenvalue weighted by Crippen LogP contribution is -2.23. The normalized spacial score (nSPS) is 19.8. The summed E-state index contributed by atoms with van der Waals surface area (Å²) < 4.78 is 0. The molecule has 2 atom stereocenters. The van der Waals surface area contributed by atoms with Crippen LogP contribution in [0.25, 0.3) is 0 Å². The largest absolute Gasteiger partial charge is 0.366 e. The van der Waals surface area contributed by atoms with Crippen molar-refractivity contribution in [3.63, 3.8) is 0 Å². The van der Waals surface area contributed by atoms with Gasteiger partial charge in [0, 0.05) is 18.0 Å². The Labute approximate surface area is 119 Å². The molecule has 20 heavy (non-hydrogen) atoms. The number of carbonyl (C=O) groups excluding carboxylic acids is 2. The van der Waals surface area contributed by atoms with Crippen LogP contribution in [0.1, 0.15) is 58.9 Å². The Bertz CT molecular complexity index is 519. The van der Waals surface area contributed by atoms with Crippen molar-refractivity contribution in [3.8, 4) is 0 Å². The maximum Gasteiger partial charge on any atom is 0.249 e. The zero-order valence-corrected chi connectivity index (χ0v) is 12.1. The molecule has 0 aromatic heterocycles. The molecule has 1 saturated heterocycles. The van der Waals surface area contributed by atoms with Crippen molar-refractivity contribution in [2.75, 3.05) is 13.1 Å². The van der Waals surface area contributed by atoms with Crippen LogP contribution in [0.15, 0.2) is 18.2 Å². The van der Waals surface area contributed by atoms with Crippen molar-refractivity contribution in [2.24, 2.45) is 11.7 Å². The Hall–Kier alpha value is -1.68. The van der Waals surface area contributed by atoms with Gasteiger partial charge in [-0.15, -0.1) is 0 Å². The van der Waals surface area contributed by atoms with E-state index >= 15 is 0 Å². The van der Waals surface area contributed by atoms with E-state index in [9.17, 15) is 9.59 Å². The number of ketones is 1. The van der Waals surface area contributed by atoms with Gasteiger partial charge in [-0.25, -0.2) is 0 Å². The predicted molar refractivity (Wildman–Crippen MR) is 79.0 cm³/mol. The van der Waals surface area contributed by atoms with Gasteiger partial charge in [0.15, 0.2) is 5.78 Å². The van der Waals surface area contributed by atoms with Gasteiger partial charge in [0.1, 0.15) is 0 Å². The van der Waals surface area contributed by atoms with Gasteiger partial charge in [-0.2, -0.15) is 0 Å². The van der Waals surface area contributed by atoms with E-state index in [0.29, 0.717) is 11.1 Å². The van der Waals surface area contributed by atoms with Crippen LogP contribution in [0.4, 0.5) is 0 Å². The van der Waals surface area contributed by atoms with Crippen molar-refractivity contribution in [3.05, 3.63) is 34.9 Å². The van der Waals surface area contributed by atoms with E-state index in [1.165, 1.54) is 0 Å². The van der Waals surface area contributed by atoms with E-state index in [0.717, 1.165) is 31.5 Å². The second-order valence-corrected chi connectivity index (χ2v) is 5.50. The number of hydrogen-bond acceptors (Lipinski definition) is 3. The first kappa shape index (κ1) is 14.7. The quantitative estimate of drug-likeness (QED) is 0.808. The van der Waals surface area contributed by atoms with Crippen molar-refractivity contribution in [2.45, 2.75) is 32.6 Å². The van der Waals surface area contributed by atoms with Gasteiger partial charge < -0.3 is 11.1 Å². The molecule has 2 unspecified atom stereocenters. The highest BCUT2D eigenvalue weighted by molar-refractivity contribution is 6.09. The third-order valence-electron chi connectivity index (χ3n) is 4.17. The van der Waals surface area contributed by atoms with Gasteiger partial charge in [-0.3, -0.25) is 9.59 Å². The summed E-state index contributed by atoms with van der Waals surface area (Å²) >= 11 is 0. The van der Waals surface area contributed by atoms with Crippen LogP contribution >= 0.6 is 0 Å². The second kappa shape index (κ2) is 6.18. The van der Waals surface area contributed by atoms with Gasteiger partial charge in [0.05, 0.1) is 5.56 Å². The Morgan fingerprint density at radius 3 is 2.75 bits per heavy atom. The highest BCUT2D eigenvalue weighted by atomic mass is 16.1. The summed E-state index contributed by atoms with van der Waals surface area (Å²) in [5.41, 5.74) is 7.33. The molecule has 0 bridgehead atoms. The zero-order chi connectivity index (χ0) is 14.7. The molecule has 108 valence electrons. The number of hydrogen-bond donors (Lipinski definition) is 2. The fourth-order valence-electron chi connectivity index (χ4n) is 2.74. The molecular weight excluding hydrogens is 252 g/mol. The van der Waals surface area contributed by atoms with Crippen molar-refractivity contribution >= 4 is 11.7 Å². The number of primary amides is 1. The molecule has 1 heterocycles. The van der Waals surface area contributed by atoms with Crippen molar-refractivity contribution < 1.29 is 9.59 Å². The number of benzene rings is 1. The van der Waals surface area contributed by atoms with E-state index < -0.39 is 5.91 Å². The molecule has 1 amide bonds. The van der Waals surface area contributed by atoms with E-state index in [1.54, 1.807) is 6.07 Å². The van der Waals surface area contributed by atoms with Gasteiger partial charge in [0.2, 0.25) is 5.91 Å². The Kier molecular flexibility index (Phi) is 4.55. The van der Waals surface area contributed by atoms with Crippen LogP contribution < -0.4 is 11.1 Å². The lowest BCUT2D eigenvalue weighted by atomic mass is 9.84. The molecule has 0 radical (unpaired) electrons. The summed E-state index contributed by atoms with van der Waals surface area (Å²) in [5.74, 6) is -0.297. The predicted octanol–water partition coefficient (Wildman–Crippen LogP) is 2.09. The summed E-state index contributed by atoms with van der Waals surface area (Å²) in [5, 5.41) is 3.30. The lowest BCUT2D eigenvalue weighted by molar-refractivity contribution is 0.0912. The van der Waals surface area contributed by atoms with Gasteiger partial charge >= 0.3 is 0 Å². The summed E-state index contributed by atoms with van der Waals surface area (Å²) in [6.45, 7) is 5.68. The SMILES string of the molecule is CCC(C)C(=O)c1c(C(N)=O)cccc1C1CCNC1. The van der Waals surface area contributed by atoms with Crippen LogP contribution in [-0.2, 0) is 0 Å². The lowest BCUT2D eigenvalue weighted by Gasteiger charge is -2.19. The molecule has 2 rings (SSSR count). The summed E-state index contributed by atoms with van der Waals surface area (Å²) in [7, 11) is 0. The molecule has 0 spiro atoms. The number of Topliss-reactive ketones (excluding diaryl/α,β-unsaturated/α-hetero) is 1. The number of carbonyl (C=O) groups is 2. The average molecular weight is 274 g/mol. The maximum atomic E-state index is 12.7. The standard InChI is InChI=1S/C16H22N2O2/c1-3-10(2)15(19)14-12(11-7-8-18-9-11)5-4-6-13(14)16(17)20/h4-6,10-11,18H,3,7-9H2,1-2H3,(H2,17,20). The number of amides is 1. The highest BCUT2D eigenvalue weighted by Gasteiger charge is 2.27. The fraction of sp³-hybridized carbons (Fsp3) is 0.500. The number of nitrogens with one attached hydrogen (secondary N) is 1. The smallest absolute Gasteiger partial charge is 0.249 e. The molecule has 4 nitrogen and oxygen atoms in total. The Balaban J connectivity index is 2.53. The van der Waals surface area contributed by atoms with E-state index in [1.807, 2.05) is 26.0 Å². The van der Waals surface area contributed by atoms with Crippen LogP contribution in [0.2, 0.25) is 0 Å². The first-order valence-electron chi connectivity index (χ1n) is 7.23. The molecule has 4 heteroatoms. The van der Waals surface area contributed by atoms with Crippen LogP contribution in [-0.4, -0.2) is 24.8 Å². The molecule has 0 aliphatic carbocycles. The number of rotatable bonds is 5. The minimum Gasteiger partial charge on any atom is -0.366 e. The van der Waals surface area contributed by atoms with Crippen LogP contribution in [0.3, 0.4) is 0 Å². The summed E-state index contributed by atoms with van der Waals surface area (Å²) in [6.07, 6.45) is 1.75. The van der Waals surface area contributed by atoms with E-state index in [4.69, 9.17) is 5.73 Å². The van der Waals surface area contributed by atoms with Gasteiger partial charge in [-0.05, 0) is 36.9 Å². The van der Waals surface area contributed by atoms with Crippen molar-refractivity contribution in [1.82, 2.24) is 5.32 Å². The Morgan fingerprint density at radius 2 is 2.20 bits per heavy atom. The first-order valence-corrected chi connectivity index (χ1v) is 7.23. The third-order valence-corrected chi connectivity index (χ3v) is 4.17. The topological polar surface area (TPSA) is 72.2 Å².